The number of hydrogen-bond donors (Lipinski definition) is 2. The summed E-state index contributed by atoms with van der Waals surface area (Å²) in [5.74, 6) is -0.149. The topological polar surface area (TPSA) is 96.0 Å². The van der Waals surface area contributed by atoms with E-state index < -0.39 is 15.6 Å². The SMILES string of the molecule is CCC(CC)(CN)NS(=O)(=O)Cc1cccc(C#N)c1. The maximum atomic E-state index is 12.2. The van der Waals surface area contributed by atoms with Crippen molar-refractivity contribution in [1.29, 1.82) is 5.26 Å². The molecule has 0 atom stereocenters. The van der Waals surface area contributed by atoms with Crippen LogP contribution in [-0.4, -0.2) is 20.5 Å². The Labute approximate surface area is 120 Å². The van der Waals surface area contributed by atoms with Crippen LogP contribution in [0.15, 0.2) is 24.3 Å². The molecule has 0 aliphatic rings. The minimum atomic E-state index is -3.49. The Morgan fingerprint density at radius 2 is 2.00 bits per heavy atom. The van der Waals surface area contributed by atoms with Crippen LogP contribution in [0.2, 0.25) is 0 Å². The molecule has 3 N–H and O–H groups in total. The molecular weight excluding hydrogens is 274 g/mol. The summed E-state index contributed by atoms with van der Waals surface area (Å²) in [4.78, 5) is 0. The molecule has 6 heteroatoms. The molecule has 20 heavy (non-hydrogen) atoms. The van der Waals surface area contributed by atoms with Crippen LogP contribution in [-0.2, 0) is 15.8 Å². The summed E-state index contributed by atoms with van der Waals surface area (Å²) in [6, 6.07) is 8.61. The predicted molar refractivity (Wildman–Crippen MR) is 79.3 cm³/mol. The van der Waals surface area contributed by atoms with Crippen LogP contribution >= 0.6 is 0 Å². The minimum Gasteiger partial charge on any atom is -0.329 e. The second-order valence-corrected chi connectivity index (χ2v) is 6.59. The van der Waals surface area contributed by atoms with E-state index in [0.717, 1.165) is 0 Å². The number of nitriles is 1. The third-order valence-electron chi connectivity index (χ3n) is 3.53. The van der Waals surface area contributed by atoms with E-state index in [0.29, 0.717) is 24.0 Å². The molecule has 0 saturated heterocycles. The van der Waals surface area contributed by atoms with Crippen LogP contribution in [0, 0.1) is 11.3 Å². The lowest BCUT2D eigenvalue weighted by atomic mass is 9.95. The first kappa shape index (κ1) is 16.6. The largest absolute Gasteiger partial charge is 0.329 e. The van der Waals surface area contributed by atoms with Crippen molar-refractivity contribution in [2.75, 3.05) is 6.54 Å². The van der Waals surface area contributed by atoms with Gasteiger partial charge in [0.25, 0.3) is 0 Å². The minimum absolute atomic E-state index is 0.149. The van der Waals surface area contributed by atoms with Gasteiger partial charge >= 0.3 is 0 Å². The van der Waals surface area contributed by atoms with Crippen molar-refractivity contribution in [2.45, 2.75) is 38.0 Å². The molecule has 1 rings (SSSR count). The number of sulfonamides is 1. The second-order valence-electron chi connectivity index (χ2n) is 4.86. The zero-order valence-corrected chi connectivity index (χ0v) is 12.7. The molecule has 0 aliphatic carbocycles. The number of rotatable bonds is 7. The van der Waals surface area contributed by atoms with Gasteiger partial charge < -0.3 is 5.73 Å². The van der Waals surface area contributed by atoms with Crippen LogP contribution in [0.25, 0.3) is 0 Å². The number of benzene rings is 1. The Kier molecular flexibility index (Phi) is 5.69. The lowest BCUT2D eigenvalue weighted by molar-refractivity contribution is 0.363. The average molecular weight is 295 g/mol. The monoisotopic (exact) mass is 295 g/mol. The highest BCUT2D eigenvalue weighted by Gasteiger charge is 2.29. The smallest absolute Gasteiger partial charge is 0.216 e. The highest BCUT2D eigenvalue weighted by atomic mass is 32.2. The zero-order valence-electron chi connectivity index (χ0n) is 11.9. The van der Waals surface area contributed by atoms with Gasteiger partial charge in [-0.1, -0.05) is 26.0 Å². The molecule has 0 aromatic heterocycles. The Morgan fingerprint density at radius 3 is 2.50 bits per heavy atom. The predicted octanol–water partition coefficient (Wildman–Crippen LogP) is 1.50. The molecular formula is C14H21N3O2S. The Morgan fingerprint density at radius 1 is 1.35 bits per heavy atom. The third-order valence-corrected chi connectivity index (χ3v) is 4.99. The summed E-state index contributed by atoms with van der Waals surface area (Å²) in [6.45, 7) is 4.09. The first-order valence-electron chi connectivity index (χ1n) is 6.61. The summed E-state index contributed by atoms with van der Waals surface area (Å²) in [5, 5.41) is 8.83. The molecule has 5 nitrogen and oxygen atoms in total. The van der Waals surface area contributed by atoms with Gasteiger partial charge in [-0.25, -0.2) is 13.1 Å². The summed E-state index contributed by atoms with van der Waals surface area (Å²) in [7, 11) is -3.49. The molecule has 110 valence electrons. The van der Waals surface area contributed by atoms with Gasteiger partial charge in [-0.05, 0) is 30.5 Å². The molecule has 1 aromatic rings. The van der Waals surface area contributed by atoms with Crippen molar-refractivity contribution in [3.8, 4) is 6.07 Å². The molecule has 1 aromatic carbocycles. The van der Waals surface area contributed by atoms with Crippen LogP contribution in [0.5, 0.6) is 0 Å². The third kappa shape index (κ3) is 4.30. The van der Waals surface area contributed by atoms with E-state index in [9.17, 15) is 8.42 Å². The molecule has 0 heterocycles. The molecule has 0 aliphatic heterocycles. The van der Waals surface area contributed by atoms with Crippen LogP contribution in [0.3, 0.4) is 0 Å². The van der Waals surface area contributed by atoms with E-state index in [2.05, 4.69) is 4.72 Å². The highest BCUT2D eigenvalue weighted by molar-refractivity contribution is 7.88. The number of nitrogens with zero attached hydrogens (tertiary/aromatic N) is 1. The zero-order chi connectivity index (χ0) is 15.2. The van der Waals surface area contributed by atoms with Crippen LogP contribution in [0.1, 0.15) is 37.8 Å². The molecule has 0 radical (unpaired) electrons. The average Bonchev–Trinajstić information content (AvgIpc) is 2.44. The van der Waals surface area contributed by atoms with Gasteiger partial charge in [0, 0.05) is 12.1 Å². The highest BCUT2D eigenvalue weighted by Crippen LogP contribution is 2.17. The van der Waals surface area contributed by atoms with Gasteiger partial charge in [0.2, 0.25) is 10.0 Å². The van der Waals surface area contributed by atoms with Gasteiger partial charge in [0.15, 0.2) is 0 Å². The van der Waals surface area contributed by atoms with Crippen molar-refractivity contribution < 1.29 is 8.42 Å². The first-order valence-corrected chi connectivity index (χ1v) is 8.26. The lowest BCUT2D eigenvalue weighted by Crippen LogP contribution is -2.53. The molecule has 0 fully saturated rings. The fourth-order valence-electron chi connectivity index (χ4n) is 2.04. The quantitative estimate of drug-likeness (QED) is 0.796. The second kappa shape index (κ2) is 6.84. The van der Waals surface area contributed by atoms with E-state index >= 15 is 0 Å². The van der Waals surface area contributed by atoms with E-state index in [4.69, 9.17) is 11.0 Å². The molecule has 0 bridgehead atoms. The molecule has 0 unspecified atom stereocenters. The fraction of sp³-hybridized carbons (Fsp3) is 0.500. The molecule has 0 saturated carbocycles. The number of nitrogens with two attached hydrogens (primary N) is 1. The van der Waals surface area contributed by atoms with Gasteiger partial charge in [-0.3, -0.25) is 0 Å². The van der Waals surface area contributed by atoms with Crippen LogP contribution in [0.4, 0.5) is 0 Å². The van der Waals surface area contributed by atoms with Gasteiger partial charge in [0.1, 0.15) is 0 Å². The maximum absolute atomic E-state index is 12.2. The van der Waals surface area contributed by atoms with E-state index in [-0.39, 0.29) is 12.3 Å². The normalized spacial score (nSPS) is 12.1. The van der Waals surface area contributed by atoms with Crippen molar-refractivity contribution in [2.24, 2.45) is 5.73 Å². The van der Waals surface area contributed by atoms with Crippen molar-refractivity contribution >= 4 is 10.0 Å². The number of nitrogens with one attached hydrogen (secondary N) is 1. The summed E-state index contributed by atoms with van der Waals surface area (Å²) in [6.07, 6.45) is 1.27. The van der Waals surface area contributed by atoms with Gasteiger partial charge in [-0.15, -0.1) is 0 Å². The molecule has 0 amide bonds. The van der Waals surface area contributed by atoms with Gasteiger partial charge in [-0.2, -0.15) is 5.26 Å². The first-order chi connectivity index (χ1) is 9.40. The van der Waals surface area contributed by atoms with E-state index in [1.54, 1.807) is 24.3 Å². The Balaban J connectivity index is 2.92. The Bertz CT molecular complexity index is 578. The molecule has 0 spiro atoms. The summed E-state index contributed by atoms with van der Waals surface area (Å²) in [5.41, 5.74) is 6.16. The van der Waals surface area contributed by atoms with E-state index in [1.807, 2.05) is 19.9 Å². The lowest BCUT2D eigenvalue weighted by Gasteiger charge is -2.31. The van der Waals surface area contributed by atoms with Crippen molar-refractivity contribution in [1.82, 2.24) is 4.72 Å². The summed E-state index contributed by atoms with van der Waals surface area (Å²) < 4.78 is 27.2. The standard InChI is InChI=1S/C14H21N3O2S/c1-3-14(4-2,11-16)17-20(18,19)10-13-7-5-6-12(8-13)9-15/h5-8,17H,3-4,10-11,16H2,1-2H3. The van der Waals surface area contributed by atoms with Crippen LogP contribution < -0.4 is 10.5 Å². The van der Waals surface area contributed by atoms with Gasteiger partial charge in [0.05, 0.1) is 17.4 Å². The van der Waals surface area contributed by atoms with E-state index in [1.165, 1.54) is 0 Å². The van der Waals surface area contributed by atoms with Crippen molar-refractivity contribution in [3.63, 3.8) is 0 Å². The number of hydrogen-bond acceptors (Lipinski definition) is 4. The fourth-order valence-corrected chi connectivity index (χ4v) is 3.76. The van der Waals surface area contributed by atoms with Crippen molar-refractivity contribution in [3.05, 3.63) is 35.4 Å². The Hall–Kier alpha value is -1.42. The maximum Gasteiger partial charge on any atom is 0.216 e. The summed E-state index contributed by atoms with van der Waals surface area (Å²) >= 11 is 0.